The lowest BCUT2D eigenvalue weighted by Crippen LogP contribution is -2.40. The fraction of sp³-hybridized carbons (Fsp3) is 0.242. The Labute approximate surface area is 252 Å². The largest absolute Gasteiger partial charge is 0.493 e. The fourth-order valence-corrected chi connectivity index (χ4v) is 5.92. The van der Waals surface area contributed by atoms with Crippen LogP contribution >= 0.6 is 11.3 Å². The van der Waals surface area contributed by atoms with E-state index in [-0.39, 0.29) is 30.2 Å². The molecule has 8 nitrogen and oxygen atoms in total. The van der Waals surface area contributed by atoms with E-state index in [1.165, 1.54) is 22.0 Å². The van der Waals surface area contributed by atoms with Gasteiger partial charge in [0.05, 0.1) is 42.2 Å². The van der Waals surface area contributed by atoms with Crippen molar-refractivity contribution in [1.82, 2.24) is 4.57 Å². The Morgan fingerprint density at radius 1 is 1.00 bits per heavy atom. The van der Waals surface area contributed by atoms with E-state index >= 15 is 0 Å². The summed E-state index contributed by atoms with van der Waals surface area (Å²) in [6.07, 6.45) is 1.72. The van der Waals surface area contributed by atoms with Crippen LogP contribution in [0.15, 0.2) is 87.8 Å². The van der Waals surface area contributed by atoms with Crippen LogP contribution in [-0.4, -0.2) is 30.9 Å². The SMILES string of the molecule is CCOC(=O)C1=C(C)N=c2s/c(=C\c3ccccc3OCc3ccccc3F)c(=O)n2[C@@H]1c1ccc(OC)c(OCC)c1. The van der Waals surface area contributed by atoms with Gasteiger partial charge in [0.2, 0.25) is 0 Å². The van der Waals surface area contributed by atoms with Crippen LogP contribution in [-0.2, 0) is 16.1 Å². The van der Waals surface area contributed by atoms with Crippen molar-refractivity contribution in [2.24, 2.45) is 4.99 Å². The maximum Gasteiger partial charge on any atom is 0.338 e. The van der Waals surface area contributed by atoms with Crippen LogP contribution in [0.4, 0.5) is 4.39 Å². The summed E-state index contributed by atoms with van der Waals surface area (Å²) in [5.74, 6) is 0.607. The van der Waals surface area contributed by atoms with Crippen LogP contribution in [0.5, 0.6) is 17.2 Å². The zero-order chi connectivity index (χ0) is 30.5. The number of hydrogen-bond acceptors (Lipinski definition) is 8. The second kappa shape index (κ2) is 13.1. The third-order valence-electron chi connectivity index (χ3n) is 6.87. The highest BCUT2D eigenvalue weighted by Crippen LogP contribution is 2.36. The molecule has 0 amide bonds. The van der Waals surface area contributed by atoms with Crippen molar-refractivity contribution in [3.8, 4) is 17.2 Å². The van der Waals surface area contributed by atoms with Gasteiger partial charge in [0.1, 0.15) is 18.2 Å². The lowest BCUT2D eigenvalue weighted by Gasteiger charge is -2.25. The van der Waals surface area contributed by atoms with Crippen molar-refractivity contribution in [3.63, 3.8) is 0 Å². The van der Waals surface area contributed by atoms with Crippen molar-refractivity contribution < 1.29 is 28.1 Å². The number of benzene rings is 3. The van der Waals surface area contributed by atoms with E-state index in [2.05, 4.69) is 4.99 Å². The van der Waals surface area contributed by atoms with Gasteiger partial charge in [0, 0.05) is 11.1 Å². The Kier molecular flexibility index (Phi) is 9.06. The van der Waals surface area contributed by atoms with E-state index in [4.69, 9.17) is 18.9 Å². The molecule has 0 radical (unpaired) electrons. The molecule has 1 aliphatic rings. The zero-order valence-electron chi connectivity index (χ0n) is 24.3. The number of carbonyl (C=O) groups is 1. The molecule has 43 heavy (non-hydrogen) atoms. The van der Waals surface area contributed by atoms with Crippen LogP contribution in [0, 0.1) is 5.82 Å². The average Bonchev–Trinajstić information content (AvgIpc) is 3.30. The van der Waals surface area contributed by atoms with Crippen molar-refractivity contribution in [3.05, 3.63) is 120 Å². The molecule has 0 fully saturated rings. The maximum atomic E-state index is 14.2. The van der Waals surface area contributed by atoms with Gasteiger partial charge in [-0.3, -0.25) is 9.36 Å². The van der Waals surface area contributed by atoms with Gasteiger partial charge in [-0.15, -0.1) is 0 Å². The number of carbonyl (C=O) groups excluding carboxylic acids is 1. The van der Waals surface area contributed by atoms with Crippen molar-refractivity contribution in [2.45, 2.75) is 33.4 Å². The van der Waals surface area contributed by atoms with E-state index in [0.717, 1.165) is 0 Å². The smallest absolute Gasteiger partial charge is 0.338 e. The number of hydrogen-bond donors (Lipinski definition) is 0. The van der Waals surface area contributed by atoms with E-state index in [1.54, 1.807) is 69.5 Å². The number of halogens is 1. The summed E-state index contributed by atoms with van der Waals surface area (Å²) in [4.78, 5) is 32.4. The monoisotopic (exact) mass is 602 g/mol. The first-order valence-electron chi connectivity index (χ1n) is 13.8. The summed E-state index contributed by atoms with van der Waals surface area (Å²) in [5, 5.41) is 0. The molecule has 0 aliphatic carbocycles. The maximum absolute atomic E-state index is 14.2. The Hall–Kier alpha value is -4.70. The van der Waals surface area contributed by atoms with Gasteiger partial charge < -0.3 is 18.9 Å². The number of thiazole rings is 1. The normalized spacial score (nSPS) is 14.6. The molecule has 1 aromatic heterocycles. The molecule has 2 heterocycles. The number of methoxy groups -OCH3 is 1. The molecule has 5 rings (SSSR count). The minimum atomic E-state index is -0.810. The molecular weight excluding hydrogens is 571 g/mol. The summed E-state index contributed by atoms with van der Waals surface area (Å²) < 4.78 is 38.7. The summed E-state index contributed by atoms with van der Waals surface area (Å²) in [6, 6.07) is 18.1. The minimum Gasteiger partial charge on any atom is -0.493 e. The molecule has 0 saturated carbocycles. The first kappa shape index (κ1) is 29.8. The van der Waals surface area contributed by atoms with Crippen molar-refractivity contribution >= 4 is 23.4 Å². The van der Waals surface area contributed by atoms with E-state index < -0.39 is 12.0 Å². The van der Waals surface area contributed by atoms with Crippen molar-refractivity contribution in [1.29, 1.82) is 0 Å². The highest BCUT2D eigenvalue weighted by molar-refractivity contribution is 7.07. The van der Waals surface area contributed by atoms with Gasteiger partial charge >= 0.3 is 5.97 Å². The predicted molar refractivity (Wildman–Crippen MR) is 162 cm³/mol. The number of esters is 1. The first-order valence-corrected chi connectivity index (χ1v) is 14.6. The second-order valence-electron chi connectivity index (χ2n) is 9.56. The van der Waals surface area contributed by atoms with Gasteiger partial charge in [-0.1, -0.05) is 53.8 Å². The standard InChI is InChI=1S/C33H31FN2O6S/c1-5-40-27-17-22(15-16-26(27)39-4)30-29(32(38)41-6-2)20(3)35-33-36(30)31(37)28(43-33)18-21-11-8-10-14-25(21)42-19-23-12-7-9-13-24(23)34/h7-18,30H,5-6,19H2,1-4H3/b28-18-/t30-/m1/s1. The van der Waals surface area contributed by atoms with E-state index in [1.807, 2.05) is 25.1 Å². The van der Waals surface area contributed by atoms with Gasteiger partial charge in [0.25, 0.3) is 5.56 Å². The lowest BCUT2D eigenvalue weighted by atomic mass is 9.95. The molecule has 0 N–H and O–H groups in total. The Morgan fingerprint density at radius 2 is 1.77 bits per heavy atom. The lowest BCUT2D eigenvalue weighted by molar-refractivity contribution is -0.139. The Morgan fingerprint density at radius 3 is 2.51 bits per heavy atom. The highest BCUT2D eigenvalue weighted by atomic mass is 32.1. The van der Waals surface area contributed by atoms with Crippen LogP contribution in [0.25, 0.3) is 6.08 Å². The summed E-state index contributed by atoms with van der Waals surface area (Å²) in [7, 11) is 1.55. The predicted octanol–water partition coefficient (Wildman–Crippen LogP) is 4.92. The van der Waals surface area contributed by atoms with Gasteiger partial charge in [-0.05, 0) is 56.7 Å². The Balaban J connectivity index is 1.63. The number of rotatable bonds is 10. The number of allylic oxidation sites excluding steroid dienone is 1. The number of aromatic nitrogens is 1. The van der Waals surface area contributed by atoms with Crippen LogP contribution in [0.1, 0.15) is 43.5 Å². The van der Waals surface area contributed by atoms with Crippen LogP contribution < -0.4 is 29.1 Å². The highest BCUT2D eigenvalue weighted by Gasteiger charge is 2.34. The molecule has 10 heteroatoms. The molecule has 1 atom stereocenters. The molecule has 0 bridgehead atoms. The average molecular weight is 603 g/mol. The fourth-order valence-electron chi connectivity index (χ4n) is 4.88. The van der Waals surface area contributed by atoms with Gasteiger partial charge in [0.15, 0.2) is 16.3 Å². The number of ether oxygens (including phenoxy) is 4. The molecule has 3 aromatic carbocycles. The quantitative estimate of drug-likeness (QED) is 0.240. The molecular formula is C33H31FN2O6S. The number of fused-ring (bicyclic) bond motifs is 1. The third kappa shape index (κ3) is 6.10. The number of nitrogens with zero attached hydrogens (tertiary/aromatic N) is 2. The molecule has 222 valence electrons. The summed E-state index contributed by atoms with van der Waals surface area (Å²) in [5.41, 5.74) is 2.10. The van der Waals surface area contributed by atoms with Gasteiger partial charge in [-0.25, -0.2) is 14.2 Å². The topological polar surface area (TPSA) is 88.4 Å². The molecule has 1 aliphatic heterocycles. The minimum absolute atomic E-state index is 0.0283. The molecule has 0 saturated heterocycles. The zero-order valence-corrected chi connectivity index (χ0v) is 25.1. The summed E-state index contributed by atoms with van der Waals surface area (Å²) in [6.45, 7) is 5.92. The van der Waals surface area contributed by atoms with E-state index in [0.29, 0.717) is 55.6 Å². The molecule has 0 unspecified atom stereocenters. The number of para-hydroxylation sites is 1. The first-order chi connectivity index (χ1) is 20.9. The van der Waals surface area contributed by atoms with Crippen LogP contribution in [0.2, 0.25) is 0 Å². The Bertz CT molecular complexity index is 1880. The van der Waals surface area contributed by atoms with Crippen molar-refractivity contribution in [2.75, 3.05) is 20.3 Å². The second-order valence-corrected chi connectivity index (χ2v) is 10.6. The van der Waals surface area contributed by atoms with Crippen LogP contribution in [0.3, 0.4) is 0 Å². The third-order valence-corrected chi connectivity index (χ3v) is 7.85. The van der Waals surface area contributed by atoms with Gasteiger partial charge in [-0.2, -0.15) is 0 Å². The molecule has 4 aromatic rings. The molecule has 0 spiro atoms. The summed E-state index contributed by atoms with van der Waals surface area (Å²) >= 11 is 1.20. The van der Waals surface area contributed by atoms with E-state index in [9.17, 15) is 14.0 Å².